The standard InChI is InChI=1S/C51H71BN2O/c1-49(2,3)36-31-42-45-43(32-36)54-47-39(51(50(54,4)5)27-17-8-18-28-51)29-35(33-19-9-6-10-20-33)30-40(47)52(45)48-46(38-24-14-16-26-44(38)55-48)53(42)41-25-15-13-23-37(41)34-21-11-7-12-22-34/h14-16,24-26,30,32-34,36,38-40,44,46-48H,6-13,17-23,27-29,31H2,1-5H3. The molecule has 11 rings (SSSR count). The lowest BCUT2D eigenvalue weighted by molar-refractivity contribution is 0.0272. The molecule has 294 valence electrons. The van der Waals surface area contributed by atoms with Gasteiger partial charge in [0.2, 0.25) is 6.71 Å². The van der Waals surface area contributed by atoms with E-state index in [0.717, 1.165) is 24.2 Å². The molecule has 4 heterocycles. The molecule has 0 radical (unpaired) electrons. The average molecular weight is 739 g/mol. The second-order valence-electron chi connectivity index (χ2n) is 22.2. The normalized spacial score (nSPS) is 39.3. The first kappa shape index (κ1) is 35.9. The van der Waals surface area contributed by atoms with Crippen molar-refractivity contribution >= 4 is 6.71 Å². The maximum atomic E-state index is 7.67. The summed E-state index contributed by atoms with van der Waals surface area (Å²) in [4.78, 5) is 6.22. The molecule has 7 aliphatic carbocycles. The van der Waals surface area contributed by atoms with Crippen LogP contribution in [0.3, 0.4) is 0 Å². The van der Waals surface area contributed by atoms with Gasteiger partial charge < -0.3 is 14.5 Å². The number of rotatable bonds is 3. The van der Waals surface area contributed by atoms with Crippen molar-refractivity contribution in [1.29, 1.82) is 0 Å². The van der Waals surface area contributed by atoms with Crippen molar-refractivity contribution in [2.75, 3.05) is 0 Å². The van der Waals surface area contributed by atoms with Gasteiger partial charge in [0.1, 0.15) is 0 Å². The highest BCUT2D eigenvalue weighted by molar-refractivity contribution is 6.72. The van der Waals surface area contributed by atoms with Crippen LogP contribution in [0, 0.1) is 40.4 Å². The summed E-state index contributed by atoms with van der Waals surface area (Å²) in [6.45, 7) is 13.5. The van der Waals surface area contributed by atoms with E-state index >= 15 is 0 Å². The predicted octanol–water partition coefficient (Wildman–Crippen LogP) is 12.5. The molecule has 8 atom stereocenters. The zero-order valence-corrected chi connectivity index (χ0v) is 35.2. The van der Waals surface area contributed by atoms with Crippen molar-refractivity contribution in [1.82, 2.24) is 9.80 Å². The molecule has 4 aliphatic heterocycles. The average Bonchev–Trinajstić information content (AvgIpc) is 3.67. The molecule has 6 fully saturated rings. The van der Waals surface area contributed by atoms with Crippen molar-refractivity contribution in [3.8, 4) is 0 Å². The highest BCUT2D eigenvalue weighted by Crippen LogP contribution is 2.70. The third-order valence-electron chi connectivity index (χ3n) is 18.5. The van der Waals surface area contributed by atoms with Crippen molar-refractivity contribution in [3.05, 3.63) is 82.3 Å². The molecule has 0 aromatic rings. The number of hydrogen-bond acceptors (Lipinski definition) is 3. The van der Waals surface area contributed by atoms with Gasteiger partial charge in [-0.2, -0.15) is 0 Å². The smallest absolute Gasteiger partial charge is 0.226 e. The Morgan fingerprint density at radius 1 is 0.800 bits per heavy atom. The van der Waals surface area contributed by atoms with Gasteiger partial charge in [0.05, 0.1) is 18.1 Å². The minimum absolute atomic E-state index is 0.125. The topological polar surface area (TPSA) is 15.7 Å². The number of hydrogen-bond donors (Lipinski definition) is 0. The van der Waals surface area contributed by atoms with Gasteiger partial charge in [-0.25, -0.2) is 0 Å². The summed E-state index contributed by atoms with van der Waals surface area (Å²) in [5.41, 5.74) is 11.1. The maximum absolute atomic E-state index is 7.67. The second kappa shape index (κ2) is 13.2. The van der Waals surface area contributed by atoms with E-state index in [2.05, 4.69) is 93.0 Å². The molecular formula is C51H71BN2O. The van der Waals surface area contributed by atoms with Crippen molar-refractivity contribution in [3.63, 3.8) is 0 Å². The molecule has 0 bridgehead atoms. The summed E-state index contributed by atoms with van der Waals surface area (Å²) >= 11 is 0. The van der Waals surface area contributed by atoms with Crippen LogP contribution in [0.2, 0.25) is 5.82 Å². The maximum Gasteiger partial charge on any atom is 0.226 e. The summed E-state index contributed by atoms with van der Waals surface area (Å²) in [5, 5.41) is 0. The van der Waals surface area contributed by atoms with Crippen LogP contribution in [0.5, 0.6) is 0 Å². The first-order valence-corrected chi connectivity index (χ1v) is 23.8. The molecule has 0 aromatic carbocycles. The molecule has 11 aliphatic rings. The summed E-state index contributed by atoms with van der Waals surface area (Å²) < 4.78 is 7.67. The quantitative estimate of drug-likeness (QED) is 0.212. The van der Waals surface area contributed by atoms with E-state index in [4.69, 9.17) is 4.74 Å². The number of allylic oxidation sites excluding steroid dienone is 9. The van der Waals surface area contributed by atoms with E-state index in [1.807, 2.05) is 5.57 Å². The van der Waals surface area contributed by atoms with Crippen molar-refractivity contribution in [2.24, 2.45) is 40.4 Å². The highest BCUT2D eigenvalue weighted by atomic mass is 16.5. The third kappa shape index (κ3) is 5.23. The molecule has 1 spiro atoms. The van der Waals surface area contributed by atoms with E-state index in [1.54, 1.807) is 28.1 Å². The third-order valence-corrected chi connectivity index (χ3v) is 18.5. The zero-order valence-electron chi connectivity index (χ0n) is 35.2. The lowest BCUT2D eigenvalue weighted by Crippen LogP contribution is -2.65. The monoisotopic (exact) mass is 739 g/mol. The Kier molecular flexibility index (Phi) is 8.60. The summed E-state index contributed by atoms with van der Waals surface area (Å²) in [7, 11) is 0. The molecule has 8 unspecified atom stereocenters. The summed E-state index contributed by atoms with van der Waals surface area (Å²) in [5.74, 6) is 3.73. The fourth-order valence-corrected chi connectivity index (χ4v) is 15.9. The van der Waals surface area contributed by atoms with Gasteiger partial charge in [-0.1, -0.05) is 127 Å². The SMILES string of the molecule is CC(C)(C)C1C=C2C3=C(C1)N(C1=C(C4CCCCC4)CCC=C1)C1C(OC4C=CC=CC41)B3C1C=C(C3CCCCC3)CC3C1N2C(C)(C)C31CCCCC1. The van der Waals surface area contributed by atoms with Gasteiger partial charge in [0, 0.05) is 34.6 Å². The van der Waals surface area contributed by atoms with Crippen LogP contribution in [-0.2, 0) is 4.74 Å². The number of ether oxygens (including phenoxy) is 1. The fraction of sp³-hybridized carbons (Fsp3) is 0.725. The first-order valence-electron chi connectivity index (χ1n) is 23.8. The minimum atomic E-state index is 0.125. The lowest BCUT2D eigenvalue weighted by Gasteiger charge is -2.59. The van der Waals surface area contributed by atoms with Gasteiger partial charge in [-0.15, -0.1) is 0 Å². The molecule has 3 nitrogen and oxygen atoms in total. The lowest BCUT2D eigenvalue weighted by atomic mass is 9.26. The Labute approximate surface area is 335 Å². The molecule has 3 saturated carbocycles. The molecule has 0 N–H and O–H groups in total. The van der Waals surface area contributed by atoms with Crippen LogP contribution in [0.15, 0.2) is 82.3 Å². The predicted molar refractivity (Wildman–Crippen MR) is 228 cm³/mol. The summed E-state index contributed by atoms with van der Waals surface area (Å²) in [6, 6.07) is 1.13. The van der Waals surface area contributed by atoms with Crippen LogP contribution in [0.25, 0.3) is 0 Å². The van der Waals surface area contributed by atoms with Crippen LogP contribution in [-0.4, -0.2) is 46.2 Å². The molecular weight excluding hydrogens is 667 g/mol. The van der Waals surface area contributed by atoms with E-state index in [9.17, 15) is 0 Å². The number of nitrogens with zero attached hydrogens (tertiary/aromatic N) is 2. The second-order valence-corrected chi connectivity index (χ2v) is 22.2. The fourth-order valence-electron chi connectivity index (χ4n) is 15.9. The Bertz CT molecular complexity index is 1780. The molecule has 3 saturated heterocycles. The Morgan fingerprint density at radius 3 is 2.25 bits per heavy atom. The van der Waals surface area contributed by atoms with E-state index in [0.29, 0.717) is 41.9 Å². The van der Waals surface area contributed by atoms with E-state index in [1.165, 1.54) is 116 Å². The van der Waals surface area contributed by atoms with E-state index < -0.39 is 0 Å². The molecule has 55 heavy (non-hydrogen) atoms. The van der Waals surface area contributed by atoms with Crippen molar-refractivity contribution in [2.45, 2.75) is 192 Å². The van der Waals surface area contributed by atoms with Crippen LogP contribution >= 0.6 is 0 Å². The Morgan fingerprint density at radius 2 is 1.51 bits per heavy atom. The van der Waals surface area contributed by atoms with Gasteiger partial charge in [-0.05, 0) is 135 Å². The minimum Gasteiger partial charge on any atom is -0.376 e. The number of fused-ring (bicyclic) bond motifs is 7. The molecule has 0 aromatic heterocycles. The van der Waals surface area contributed by atoms with Crippen LogP contribution < -0.4 is 0 Å². The van der Waals surface area contributed by atoms with Gasteiger partial charge in [-0.3, -0.25) is 0 Å². The van der Waals surface area contributed by atoms with Crippen molar-refractivity contribution < 1.29 is 4.74 Å². The largest absolute Gasteiger partial charge is 0.376 e. The van der Waals surface area contributed by atoms with Crippen LogP contribution in [0.1, 0.15) is 157 Å². The highest BCUT2D eigenvalue weighted by Gasteiger charge is 2.72. The van der Waals surface area contributed by atoms with Gasteiger partial charge in [0.15, 0.2) is 0 Å². The van der Waals surface area contributed by atoms with Gasteiger partial charge >= 0.3 is 0 Å². The first-order chi connectivity index (χ1) is 26.7. The van der Waals surface area contributed by atoms with Gasteiger partial charge in [0.25, 0.3) is 0 Å². The Hall–Kier alpha value is -2.20. The zero-order chi connectivity index (χ0) is 37.3. The van der Waals surface area contributed by atoms with Crippen LogP contribution in [0.4, 0.5) is 0 Å². The van der Waals surface area contributed by atoms with E-state index in [-0.39, 0.29) is 23.1 Å². The summed E-state index contributed by atoms with van der Waals surface area (Å²) in [6.07, 6.45) is 47.1. The Balaban J connectivity index is 1.17. The molecule has 0 amide bonds. The molecule has 4 heteroatoms.